The molecule has 5 rings (SSSR count). The summed E-state index contributed by atoms with van der Waals surface area (Å²) in [6, 6.07) is -7.23. The Hall–Kier alpha value is -4.14. The van der Waals surface area contributed by atoms with E-state index in [1.54, 1.807) is 0 Å². The minimum atomic E-state index is -3.15. The van der Waals surface area contributed by atoms with Gasteiger partial charge in [-0.15, -0.1) is 0 Å². The number of carbonyl (C=O) groups excluding carboxylic acids is 4. The second kappa shape index (κ2) is 28.0. The lowest BCUT2D eigenvalue weighted by atomic mass is 9.88. The van der Waals surface area contributed by atoms with Gasteiger partial charge in [-0.2, -0.15) is 0 Å². The van der Waals surface area contributed by atoms with E-state index in [0.29, 0.717) is 0 Å². The van der Waals surface area contributed by atoms with Crippen LogP contribution in [0.15, 0.2) is 0 Å². The zero-order chi connectivity index (χ0) is 60.0. The van der Waals surface area contributed by atoms with E-state index in [9.17, 15) is 116 Å². The topological polar surface area (TPSA) is 578 Å². The normalized spacial score (nSPS) is 42.0. The number of aliphatic hydroxyl groups excluding tert-OH is 15. The Balaban J connectivity index is 1.55. The third-order valence-electron chi connectivity index (χ3n) is 13.9. The zero-order valence-corrected chi connectivity index (χ0v) is 43.1. The van der Waals surface area contributed by atoms with Gasteiger partial charge in [0.2, 0.25) is 23.6 Å². The molecule has 0 spiro atoms. The number of carbonyl (C=O) groups is 6. The van der Waals surface area contributed by atoms with Crippen LogP contribution in [0.5, 0.6) is 0 Å². The molecular formula is C44H72N4O32. The number of carboxylic acids is 2. The van der Waals surface area contributed by atoms with Crippen molar-refractivity contribution in [3.05, 3.63) is 0 Å². The number of nitrogens with one attached hydrogen (secondary N) is 4. The van der Waals surface area contributed by atoms with Crippen LogP contribution in [0.4, 0.5) is 0 Å². The molecule has 0 bridgehead atoms. The third kappa shape index (κ3) is 15.0. The molecule has 5 aliphatic heterocycles. The van der Waals surface area contributed by atoms with Crippen LogP contribution >= 0.6 is 0 Å². The van der Waals surface area contributed by atoms with E-state index in [1.165, 1.54) is 0 Å². The van der Waals surface area contributed by atoms with Crippen LogP contribution in [-0.2, 0) is 71.4 Å². The molecule has 4 amide bonds. The Morgan fingerprint density at radius 2 is 0.912 bits per heavy atom. The zero-order valence-electron chi connectivity index (χ0n) is 43.1. The Labute approximate surface area is 452 Å². The van der Waals surface area contributed by atoms with Crippen molar-refractivity contribution in [2.45, 2.75) is 205 Å². The maximum atomic E-state index is 13.2. The minimum absolute atomic E-state index is 0.818. The van der Waals surface area contributed by atoms with Gasteiger partial charge in [0.1, 0.15) is 110 Å². The van der Waals surface area contributed by atoms with E-state index < -0.39 is 246 Å². The summed E-state index contributed by atoms with van der Waals surface area (Å²) in [6.07, 6.45) is -46.5. The molecule has 36 nitrogen and oxygen atoms in total. The molecule has 460 valence electrons. The Morgan fingerprint density at radius 1 is 0.500 bits per heavy atom. The van der Waals surface area contributed by atoms with Crippen LogP contribution in [0.25, 0.3) is 0 Å². The van der Waals surface area contributed by atoms with E-state index in [0.717, 1.165) is 27.7 Å². The molecule has 5 fully saturated rings. The Bertz CT molecular complexity index is 2120. The SMILES string of the molecule is CC(=O)N[C@@H]1[C@@H](O[C@@H]2O[C@H](CO[C@]3(C(=O)O)C[C@H](O)[C@@H](NC(C)=O)[C@H]([C@H](O)[C@H](O)CO)O3)[C@@H](O[C@@H]3O[C@H](CO)[C@H](O)[C@H](O)[C@H]3O)[C@H](O)[C@H]2NC(C)=O)[C@@H](O)[C@@H](CO[C@]2(C(=O)O)C[C@H](O)[C@@H](NC(C)=O)[C@H]([C@H](O)[C@H](O)CO)O2)O[C@@H]1O. The van der Waals surface area contributed by atoms with Crippen molar-refractivity contribution >= 4 is 35.6 Å². The minimum Gasteiger partial charge on any atom is -0.477 e. The average molecular weight is 1170 g/mol. The largest absolute Gasteiger partial charge is 0.477 e. The predicted molar refractivity (Wildman–Crippen MR) is 247 cm³/mol. The molecule has 36 heteroatoms. The molecule has 21 N–H and O–H groups in total. The van der Waals surface area contributed by atoms with E-state index >= 15 is 0 Å². The first kappa shape index (κ1) is 66.7. The number of aliphatic carboxylic acids is 2. The van der Waals surface area contributed by atoms with Crippen LogP contribution in [0.2, 0.25) is 0 Å². The van der Waals surface area contributed by atoms with E-state index in [-0.39, 0.29) is 0 Å². The molecule has 0 aliphatic carbocycles. The number of hydrogen-bond donors (Lipinski definition) is 21. The number of rotatable bonds is 23. The summed E-state index contributed by atoms with van der Waals surface area (Å²) in [5.41, 5.74) is 0. The van der Waals surface area contributed by atoms with Gasteiger partial charge in [0.15, 0.2) is 18.9 Å². The van der Waals surface area contributed by atoms with Gasteiger partial charge in [0.05, 0.1) is 57.3 Å². The molecule has 5 saturated heterocycles. The number of hydrogen-bond acceptors (Lipinski definition) is 30. The van der Waals surface area contributed by atoms with Gasteiger partial charge in [0, 0.05) is 40.5 Å². The number of ether oxygens (including phenoxy) is 9. The highest BCUT2D eigenvalue weighted by Gasteiger charge is 2.60. The summed E-state index contributed by atoms with van der Waals surface area (Å²) in [4.78, 5) is 75.8. The van der Waals surface area contributed by atoms with Crippen molar-refractivity contribution in [1.29, 1.82) is 0 Å². The lowest BCUT2D eigenvalue weighted by molar-refractivity contribution is -0.370. The molecule has 0 aromatic rings. The summed E-state index contributed by atoms with van der Waals surface area (Å²) in [5, 5.41) is 192. The van der Waals surface area contributed by atoms with Crippen LogP contribution in [-0.4, -0.2) is 320 Å². The van der Waals surface area contributed by atoms with E-state index in [1.807, 2.05) is 0 Å². The van der Waals surface area contributed by atoms with E-state index in [2.05, 4.69) is 21.3 Å². The third-order valence-corrected chi connectivity index (χ3v) is 13.9. The summed E-state index contributed by atoms with van der Waals surface area (Å²) in [6.45, 7) is -1.94. The fourth-order valence-electron chi connectivity index (χ4n) is 9.83. The first-order valence-corrected chi connectivity index (χ1v) is 24.8. The maximum Gasteiger partial charge on any atom is 0.364 e. The van der Waals surface area contributed by atoms with Crippen molar-refractivity contribution < 1.29 is 158 Å². The van der Waals surface area contributed by atoms with Gasteiger partial charge in [-0.3, -0.25) is 19.2 Å². The van der Waals surface area contributed by atoms with Crippen molar-refractivity contribution in [3.63, 3.8) is 0 Å². The molecular weight excluding hydrogens is 1100 g/mol. The molecule has 0 saturated carbocycles. The molecule has 0 aromatic carbocycles. The Kier molecular flexibility index (Phi) is 23.3. The lowest BCUT2D eigenvalue weighted by Crippen LogP contribution is -2.71. The molecule has 5 aliphatic rings. The van der Waals surface area contributed by atoms with Crippen LogP contribution in [0, 0.1) is 0 Å². The van der Waals surface area contributed by atoms with Crippen LogP contribution in [0.1, 0.15) is 40.5 Å². The van der Waals surface area contributed by atoms with Crippen molar-refractivity contribution in [3.8, 4) is 0 Å². The predicted octanol–water partition coefficient (Wildman–Crippen LogP) is -12.9. The molecule has 27 atom stereocenters. The second-order valence-corrected chi connectivity index (χ2v) is 19.8. The summed E-state index contributed by atoms with van der Waals surface area (Å²) in [5.74, 6) is -13.9. The van der Waals surface area contributed by atoms with Crippen LogP contribution < -0.4 is 21.3 Å². The molecule has 0 unspecified atom stereocenters. The highest BCUT2D eigenvalue weighted by molar-refractivity contribution is 5.77. The van der Waals surface area contributed by atoms with Gasteiger partial charge in [-0.1, -0.05) is 0 Å². The molecule has 80 heavy (non-hydrogen) atoms. The summed E-state index contributed by atoms with van der Waals surface area (Å²) >= 11 is 0. The van der Waals surface area contributed by atoms with Crippen LogP contribution in [0.3, 0.4) is 0 Å². The highest BCUT2D eigenvalue weighted by atomic mass is 16.8. The fourth-order valence-corrected chi connectivity index (χ4v) is 9.83. The van der Waals surface area contributed by atoms with Gasteiger partial charge < -0.3 is 151 Å². The molecule has 0 radical (unpaired) electrons. The highest BCUT2D eigenvalue weighted by Crippen LogP contribution is 2.39. The van der Waals surface area contributed by atoms with Crippen molar-refractivity contribution in [1.82, 2.24) is 21.3 Å². The fraction of sp³-hybridized carbons (Fsp3) is 0.864. The van der Waals surface area contributed by atoms with Gasteiger partial charge in [0.25, 0.3) is 11.6 Å². The quantitative estimate of drug-likeness (QED) is 0.0452. The lowest BCUT2D eigenvalue weighted by Gasteiger charge is -2.51. The monoisotopic (exact) mass is 1170 g/mol. The summed E-state index contributed by atoms with van der Waals surface area (Å²) < 4.78 is 51.9. The van der Waals surface area contributed by atoms with Gasteiger partial charge in [-0.05, 0) is 0 Å². The number of amides is 4. The smallest absolute Gasteiger partial charge is 0.364 e. The van der Waals surface area contributed by atoms with Crippen molar-refractivity contribution in [2.75, 3.05) is 33.0 Å². The average Bonchev–Trinajstić information content (AvgIpc) is 3.39. The maximum absolute atomic E-state index is 13.2. The first-order valence-electron chi connectivity index (χ1n) is 24.8. The molecule has 0 aromatic heterocycles. The van der Waals surface area contributed by atoms with Gasteiger partial charge in [-0.25, -0.2) is 9.59 Å². The van der Waals surface area contributed by atoms with E-state index in [4.69, 9.17) is 42.6 Å². The summed E-state index contributed by atoms with van der Waals surface area (Å²) in [7, 11) is 0. The Morgan fingerprint density at radius 3 is 1.34 bits per heavy atom. The second-order valence-electron chi connectivity index (χ2n) is 19.8. The standard InChI is InChI=1S/C44H72N4O32/c1-12(52)45-23-16(56)5-43(41(68)69,79-36(23)27(60)18(58)7-49)72-10-21-30(63)35(26(38(67)74-21)48-15(4)55)78-39-25(47-14(3)54)31(64)34(77-40-33(66)32(65)29(62)20(9-51)75-40)22(76-39)11-73-44(42(70)71)6-17(57)24(46-13(2)53)37(80-44)28(61)19(59)8-50/h16-40,49-51,56-67H,5-11H2,1-4H3,(H,45,52)(H,46,53)(H,47,54)(H,48,55)(H,68,69)(H,70,71)/t16-,17-,18+,19+,20+,21+,22+,23+,24+,25+,26+,27+,28+,29-,30-,31+,32-,33+,34+,35+,36+,37+,38-,39-,40-,43+,44+/m0/s1. The number of carboxylic acid groups (broad SMARTS) is 2. The van der Waals surface area contributed by atoms with Gasteiger partial charge >= 0.3 is 11.9 Å². The first-order chi connectivity index (χ1) is 37.4. The molecule has 5 heterocycles. The van der Waals surface area contributed by atoms with Crippen molar-refractivity contribution in [2.24, 2.45) is 0 Å². The number of aliphatic hydroxyl groups is 15.